The van der Waals surface area contributed by atoms with Crippen molar-refractivity contribution < 1.29 is 86.4 Å². The fourth-order valence-electron chi connectivity index (χ4n) is 3.02. The van der Waals surface area contributed by atoms with Crippen LogP contribution in [0.1, 0.15) is 96.8 Å². The van der Waals surface area contributed by atoms with Gasteiger partial charge in [0, 0.05) is 20.8 Å². The van der Waals surface area contributed by atoms with E-state index in [4.69, 9.17) is 24.8 Å². The normalized spacial score (nSPS) is 11.3. The monoisotopic (exact) mass is 492 g/mol. The van der Waals surface area contributed by atoms with Crippen LogP contribution >= 0.6 is 0 Å². The van der Waals surface area contributed by atoms with Gasteiger partial charge >= 0.3 is 51.4 Å². The molecule has 0 radical (unpaired) electrons. The Morgan fingerprint density at radius 3 is 1.19 bits per heavy atom. The molecule has 0 aromatic carbocycles. The van der Waals surface area contributed by atoms with Crippen LogP contribution in [0.2, 0.25) is 0 Å². The zero-order valence-corrected chi connectivity index (χ0v) is 24.7. The first kappa shape index (κ1) is 40.5. The molecular formula is C24H53KO7. The van der Waals surface area contributed by atoms with Gasteiger partial charge < -0.3 is 35.0 Å². The minimum atomic E-state index is -0.403. The van der Waals surface area contributed by atoms with E-state index in [1.807, 2.05) is 0 Å². The third kappa shape index (κ3) is 33.5. The number of rotatable bonds is 22. The van der Waals surface area contributed by atoms with Crippen LogP contribution < -0.4 is 51.4 Å². The van der Waals surface area contributed by atoms with Gasteiger partial charge in [0.25, 0.3) is 0 Å². The average Bonchev–Trinajstić information content (AvgIpc) is 2.78. The minimum Gasteiger partial charge on any atom is -0.870 e. The summed E-state index contributed by atoms with van der Waals surface area (Å²) in [5.74, 6) is 0. The van der Waals surface area contributed by atoms with Crippen LogP contribution in [0.5, 0.6) is 0 Å². The summed E-state index contributed by atoms with van der Waals surface area (Å²) >= 11 is 0. The SMILES string of the molecule is CCCCCCCCCCCCCCCCOCC(CO)OC.COC(CO)CO.[K+].[OH-]. The molecule has 32 heavy (non-hydrogen) atoms. The summed E-state index contributed by atoms with van der Waals surface area (Å²) < 4.78 is 15.1. The average molecular weight is 493 g/mol. The van der Waals surface area contributed by atoms with Gasteiger partial charge in [-0.25, -0.2) is 0 Å². The first-order valence-electron chi connectivity index (χ1n) is 12.2. The third-order valence-electron chi connectivity index (χ3n) is 5.22. The van der Waals surface area contributed by atoms with E-state index >= 15 is 0 Å². The molecule has 4 N–H and O–H groups in total. The Morgan fingerprint density at radius 2 is 0.906 bits per heavy atom. The van der Waals surface area contributed by atoms with Crippen molar-refractivity contribution in [1.82, 2.24) is 0 Å². The van der Waals surface area contributed by atoms with E-state index in [9.17, 15) is 0 Å². The summed E-state index contributed by atoms with van der Waals surface area (Å²) in [6.07, 6.45) is 18.7. The van der Waals surface area contributed by atoms with Crippen molar-refractivity contribution in [2.45, 2.75) is 109 Å². The van der Waals surface area contributed by atoms with E-state index in [0.717, 1.165) is 13.0 Å². The van der Waals surface area contributed by atoms with Gasteiger partial charge in [0.05, 0.1) is 26.4 Å². The molecule has 0 rings (SSSR count). The summed E-state index contributed by atoms with van der Waals surface area (Å²) in [5.41, 5.74) is 0. The fourth-order valence-corrected chi connectivity index (χ4v) is 3.02. The molecule has 0 aliphatic heterocycles. The van der Waals surface area contributed by atoms with Crippen molar-refractivity contribution >= 4 is 0 Å². The fraction of sp³-hybridized carbons (Fsp3) is 1.00. The molecular weight excluding hydrogens is 439 g/mol. The van der Waals surface area contributed by atoms with Crippen LogP contribution in [-0.2, 0) is 14.2 Å². The molecule has 0 amide bonds. The Hall–Kier alpha value is 1.36. The smallest absolute Gasteiger partial charge is 0.870 e. The largest absolute Gasteiger partial charge is 1.00 e. The summed E-state index contributed by atoms with van der Waals surface area (Å²) in [7, 11) is 3.05. The van der Waals surface area contributed by atoms with Gasteiger partial charge in [-0.05, 0) is 6.42 Å². The summed E-state index contributed by atoms with van der Waals surface area (Å²) in [6, 6.07) is 0. The van der Waals surface area contributed by atoms with Crippen molar-refractivity contribution in [1.29, 1.82) is 0 Å². The number of hydrogen-bond acceptors (Lipinski definition) is 7. The first-order valence-corrected chi connectivity index (χ1v) is 12.2. The third-order valence-corrected chi connectivity index (χ3v) is 5.22. The maximum Gasteiger partial charge on any atom is 1.00 e. The van der Waals surface area contributed by atoms with Gasteiger partial charge in [-0.3, -0.25) is 0 Å². The zero-order valence-electron chi connectivity index (χ0n) is 21.6. The predicted molar refractivity (Wildman–Crippen MR) is 126 cm³/mol. The molecule has 0 saturated heterocycles. The molecule has 0 aliphatic carbocycles. The molecule has 0 aromatic heterocycles. The molecule has 1 unspecified atom stereocenters. The Bertz CT molecular complexity index is 286. The molecule has 7 nitrogen and oxygen atoms in total. The zero-order chi connectivity index (χ0) is 22.7. The molecule has 0 saturated carbocycles. The molecule has 0 aliphatic rings. The molecule has 192 valence electrons. The van der Waals surface area contributed by atoms with Gasteiger partial charge in [0.2, 0.25) is 0 Å². The van der Waals surface area contributed by atoms with Crippen LogP contribution in [0, 0.1) is 0 Å². The topological polar surface area (TPSA) is 118 Å². The number of ether oxygens (including phenoxy) is 3. The van der Waals surface area contributed by atoms with Gasteiger partial charge in [0.15, 0.2) is 0 Å². The molecule has 0 fully saturated rings. The Morgan fingerprint density at radius 1 is 0.562 bits per heavy atom. The van der Waals surface area contributed by atoms with Crippen molar-refractivity contribution in [2.75, 3.05) is 47.3 Å². The molecule has 1 atom stereocenters. The van der Waals surface area contributed by atoms with Crippen LogP contribution in [0.3, 0.4) is 0 Å². The van der Waals surface area contributed by atoms with Crippen LogP contribution in [0.15, 0.2) is 0 Å². The van der Waals surface area contributed by atoms with Crippen molar-refractivity contribution in [3.05, 3.63) is 0 Å². The number of unbranched alkanes of at least 4 members (excludes halogenated alkanes) is 13. The quantitative estimate of drug-likeness (QED) is 0.154. The summed E-state index contributed by atoms with van der Waals surface area (Å²) in [6.45, 7) is 3.37. The van der Waals surface area contributed by atoms with Gasteiger partial charge in [0.1, 0.15) is 12.2 Å². The molecule has 0 aromatic rings. The molecule has 8 heteroatoms. The predicted octanol–water partition coefficient (Wildman–Crippen LogP) is 1.30. The van der Waals surface area contributed by atoms with Crippen LogP contribution in [-0.4, -0.2) is 80.3 Å². The molecule has 0 bridgehead atoms. The number of methoxy groups -OCH3 is 2. The van der Waals surface area contributed by atoms with E-state index in [2.05, 4.69) is 11.7 Å². The van der Waals surface area contributed by atoms with E-state index < -0.39 is 6.10 Å². The van der Waals surface area contributed by atoms with E-state index in [-0.39, 0.29) is 82.8 Å². The second-order valence-corrected chi connectivity index (χ2v) is 7.93. The maximum atomic E-state index is 8.95. The molecule has 0 heterocycles. The first-order chi connectivity index (χ1) is 14.7. The summed E-state index contributed by atoms with van der Waals surface area (Å²) in [5, 5.41) is 25.4. The number of aliphatic hydroxyl groups excluding tert-OH is 3. The van der Waals surface area contributed by atoms with Gasteiger partial charge in [-0.2, -0.15) is 0 Å². The van der Waals surface area contributed by atoms with Crippen molar-refractivity contribution in [2.24, 2.45) is 0 Å². The van der Waals surface area contributed by atoms with Crippen molar-refractivity contribution in [3.8, 4) is 0 Å². The van der Waals surface area contributed by atoms with Crippen LogP contribution in [0.4, 0.5) is 0 Å². The van der Waals surface area contributed by atoms with Gasteiger partial charge in [-0.15, -0.1) is 0 Å². The minimum absolute atomic E-state index is 0. The Labute approximate surface area is 240 Å². The second-order valence-electron chi connectivity index (χ2n) is 7.93. The second kappa shape index (κ2) is 36.9. The van der Waals surface area contributed by atoms with Gasteiger partial charge in [-0.1, -0.05) is 90.4 Å². The Balaban J connectivity index is -0.000000376. The Kier molecular flexibility index (Phi) is 46.7. The standard InChI is InChI=1S/C20H42O3.C4H10O3.K.H2O/c1-3-4-5-6-7-8-9-10-11-12-13-14-15-16-17-23-19-20(18-21)22-2;1-7-4(2-5)3-6;;/h20-21H,3-19H2,1-2H3;4-6H,2-3H2,1H3;;1H2/q;;+1;/p-1. The van der Waals surface area contributed by atoms with E-state index in [0.29, 0.717) is 6.61 Å². The molecule has 0 spiro atoms. The van der Waals surface area contributed by atoms with E-state index in [1.54, 1.807) is 7.11 Å². The van der Waals surface area contributed by atoms with Crippen LogP contribution in [0.25, 0.3) is 0 Å². The number of aliphatic hydroxyl groups is 3. The summed E-state index contributed by atoms with van der Waals surface area (Å²) in [4.78, 5) is 0. The van der Waals surface area contributed by atoms with Crippen molar-refractivity contribution in [3.63, 3.8) is 0 Å². The van der Waals surface area contributed by atoms with E-state index in [1.165, 1.54) is 90.6 Å². The maximum absolute atomic E-state index is 8.95. The number of hydrogen-bond donors (Lipinski definition) is 3.